The molecule has 0 saturated carbocycles. The zero-order valence-electron chi connectivity index (χ0n) is 23.4. The molecule has 30 heavy (non-hydrogen) atoms. The van der Waals surface area contributed by atoms with Crippen LogP contribution in [0.4, 0.5) is 0 Å². The van der Waals surface area contributed by atoms with Gasteiger partial charge in [-0.05, 0) is 52.4 Å². The Labute approximate surface area is 195 Å². The van der Waals surface area contributed by atoms with Gasteiger partial charge in [0.25, 0.3) is 0 Å². The van der Waals surface area contributed by atoms with Gasteiger partial charge in [0.1, 0.15) is 30.0 Å². The van der Waals surface area contributed by atoms with Crippen molar-refractivity contribution in [3.05, 3.63) is 0 Å². The Morgan fingerprint density at radius 1 is 0.333 bits per heavy atom. The Kier molecular flexibility index (Phi) is 12.5. The first-order valence-corrected chi connectivity index (χ1v) is 26.6. The van der Waals surface area contributed by atoms with Crippen LogP contribution in [0.15, 0.2) is 0 Å². The molecule has 0 spiro atoms. The first kappa shape index (κ1) is 30.7. The SMILES string of the molecule is CCN(CC)[Si](C)(C)[Si](C)(N(CC)CC)[Si](C)(N(CC)CC)[Si](C)(C)N(CC)CC. The highest BCUT2D eigenvalue weighted by Crippen LogP contribution is 2.42. The molecule has 0 N–H and O–H groups in total. The van der Waals surface area contributed by atoms with Gasteiger partial charge in [0.2, 0.25) is 0 Å². The van der Waals surface area contributed by atoms with Crippen LogP contribution in [0.5, 0.6) is 0 Å². The van der Waals surface area contributed by atoms with Gasteiger partial charge in [-0.15, -0.1) is 0 Å². The van der Waals surface area contributed by atoms with Crippen molar-refractivity contribution < 1.29 is 0 Å². The van der Waals surface area contributed by atoms with E-state index in [9.17, 15) is 0 Å². The Bertz CT molecular complexity index is 446. The molecule has 182 valence electrons. The van der Waals surface area contributed by atoms with Gasteiger partial charge >= 0.3 is 0 Å². The predicted octanol–water partition coefficient (Wildman–Crippen LogP) is 5.15. The van der Waals surface area contributed by atoms with Gasteiger partial charge in [0, 0.05) is 0 Å². The van der Waals surface area contributed by atoms with Crippen LogP contribution in [0, 0.1) is 0 Å². The first-order chi connectivity index (χ1) is 13.8. The number of hydrogen-bond donors (Lipinski definition) is 0. The van der Waals surface area contributed by atoms with Crippen molar-refractivity contribution in [3.63, 3.8) is 0 Å². The summed E-state index contributed by atoms with van der Waals surface area (Å²) in [5.74, 6) is 0. The van der Waals surface area contributed by atoms with Crippen LogP contribution in [-0.4, -0.2) is 101 Å². The smallest absolute Gasteiger partial charge is 0.139 e. The fourth-order valence-corrected chi connectivity index (χ4v) is 87.5. The minimum atomic E-state index is -1.82. The summed E-state index contributed by atoms with van der Waals surface area (Å²) in [7, 11) is -6.99. The van der Waals surface area contributed by atoms with Crippen molar-refractivity contribution in [2.75, 3.05) is 52.4 Å². The molecule has 0 aliphatic heterocycles. The predicted molar refractivity (Wildman–Crippen MR) is 150 cm³/mol. The zero-order valence-corrected chi connectivity index (χ0v) is 27.4. The summed E-state index contributed by atoms with van der Waals surface area (Å²) in [6.45, 7) is 45.8. The number of hydrogen-bond acceptors (Lipinski definition) is 4. The molecule has 0 radical (unpaired) electrons. The van der Waals surface area contributed by atoms with Crippen molar-refractivity contribution in [1.29, 1.82) is 0 Å². The molecule has 0 heterocycles. The summed E-state index contributed by atoms with van der Waals surface area (Å²) in [5, 5.41) is 0. The maximum absolute atomic E-state index is 3.06. The lowest BCUT2D eigenvalue weighted by molar-refractivity contribution is 0.432. The van der Waals surface area contributed by atoms with Gasteiger partial charge in [0.05, 0.1) is 0 Å². The molecule has 0 aliphatic rings. The fraction of sp³-hybridized carbons (Fsp3) is 1.00. The monoisotopic (exact) mass is 490 g/mol. The van der Waals surface area contributed by atoms with E-state index >= 15 is 0 Å². The lowest BCUT2D eigenvalue weighted by Gasteiger charge is -2.67. The van der Waals surface area contributed by atoms with Crippen molar-refractivity contribution in [2.24, 2.45) is 0 Å². The van der Waals surface area contributed by atoms with Gasteiger partial charge in [-0.25, -0.2) is 0 Å². The number of nitrogens with zero attached hydrogens (tertiary/aromatic N) is 4. The molecule has 0 saturated heterocycles. The second-order valence-corrected chi connectivity index (χ2v) is 45.0. The standard InChI is InChI=1S/C22H58N4Si4/c1-15-23(16-2)27(9,10)29(13,25(19-5)20-6)30(14,26(21-7)22-8)28(11,12)24(17-3)18-4/h15-22H2,1-14H3. The molecule has 0 aliphatic carbocycles. The molecule has 0 fully saturated rings. The van der Waals surface area contributed by atoms with E-state index in [1.54, 1.807) is 0 Å². The highest BCUT2D eigenvalue weighted by atomic mass is 29.8. The van der Waals surface area contributed by atoms with E-state index < -0.39 is 30.0 Å². The molecule has 0 bridgehead atoms. The highest BCUT2D eigenvalue weighted by molar-refractivity contribution is 7.81. The largest absolute Gasteiger partial charge is 0.326 e. The Balaban J connectivity index is 7.42. The maximum Gasteiger partial charge on any atom is 0.139 e. The minimum absolute atomic E-state index is 1.20. The van der Waals surface area contributed by atoms with Gasteiger partial charge in [0.15, 0.2) is 0 Å². The van der Waals surface area contributed by atoms with E-state index in [0.29, 0.717) is 0 Å². The van der Waals surface area contributed by atoms with E-state index in [2.05, 4.69) is 113 Å². The van der Waals surface area contributed by atoms with Crippen molar-refractivity contribution >= 4 is 30.0 Å². The van der Waals surface area contributed by atoms with Crippen molar-refractivity contribution in [2.45, 2.75) is 94.7 Å². The topological polar surface area (TPSA) is 13.0 Å². The molecule has 0 amide bonds. The second kappa shape index (κ2) is 12.2. The van der Waals surface area contributed by atoms with Gasteiger partial charge in [-0.1, -0.05) is 94.7 Å². The minimum Gasteiger partial charge on any atom is -0.326 e. The van der Waals surface area contributed by atoms with Crippen LogP contribution >= 0.6 is 0 Å². The summed E-state index contributed by atoms with van der Waals surface area (Å²) in [6, 6.07) is 0. The summed E-state index contributed by atoms with van der Waals surface area (Å²) in [5.41, 5.74) is 0. The molecule has 0 aromatic carbocycles. The molecule has 2 unspecified atom stereocenters. The Hall–Kier alpha value is 0.708. The van der Waals surface area contributed by atoms with Crippen LogP contribution in [0.2, 0.25) is 39.3 Å². The third kappa shape index (κ3) is 4.81. The Morgan fingerprint density at radius 3 is 0.633 bits per heavy atom. The molecule has 4 nitrogen and oxygen atoms in total. The second-order valence-electron chi connectivity index (χ2n) is 9.95. The third-order valence-corrected chi connectivity index (χ3v) is 71.8. The summed E-state index contributed by atoms with van der Waals surface area (Å²) in [6.07, 6.45) is 0. The molecular formula is C22H58N4Si4. The third-order valence-electron chi connectivity index (χ3n) is 9.23. The summed E-state index contributed by atoms with van der Waals surface area (Å²) in [4.78, 5) is 0. The van der Waals surface area contributed by atoms with Gasteiger partial charge in [-0.3, -0.25) is 0 Å². The molecule has 8 heteroatoms. The lowest BCUT2D eigenvalue weighted by atomic mass is 10.7. The van der Waals surface area contributed by atoms with Crippen LogP contribution in [0.25, 0.3) is 0 Å². The fourth-order valence-electron chi connectivity index (χ4n) is 6.94. The van der Waals surface area contributed by atoms with Gasteiger partial charge < -0.3 is 18.3 Å². The molecule has 0 aromatic rings. The molecule has 0 aromatic heterocycles. The van der Waals surface area contributed by atoms with E-state index in [1.807, 2.05) is 0 Å². The quantitative estimate of drug-likeness (QED) is 0.294. The first-order valence-electron chi connectivity index (χ1n) is 12.8. The van der Waals surface area contributed by atoms with Crippen LogP contribution in [-0.2, 0) is 0 Å². The highest BCUT2D eigenvalue weighted by Gasteiger charge is 2.71. The summed E-state index contributed by atoms with van der Waals surface area (Å²) >= 11 is 0. The lowest BCUT2D eigenvalue weighted by Crippen LogP contribution is -2.96. The Morgan fingerprint density at radius 2 is 0.500 bits per heavy atom. The average molecular weight is 491 g/mol. The maximum atomic E-state index is 3.06. The van der Waals surface area contributed by atoms with Crippen LogP contribution in [0.3, 0.4) is 0 Å². The average Bonchev–Trinajstić information content (AvgIpc) is 2.70. The van der Waals surface area contributed by atoms with Crippen molar-refractivity contribution in [1.82, 2.24) is 18.3 Å². The van der Waals surface area contributed by atoms with E-state index in [4.69, 9.17) is 0 Å². The van der Waals surface area contributed by atoms with Crippen LogP contribution < -0.4 is 0 Å². The van der Waals surface area contributed by atoms with Crippen LogP contribution in [0.1, 0.15) is 55.4 Å². The van der Waals surface area contributed by atoms with E-state index in [0.717, 1.165) is 0 Å². The number of rotatable bonds is 15. The zero-order chi connectivity index (χ0) is 24.0. The molecule has 0 rings (SSSR count). The van der Waals surface area contributed by atoms with Gasteiger partial charge in [-0.2, -0.15) is 0 Å². The molecular weight excluding hydrogens is 433 g/mol. The van der Waals surface area contributed by atoms with E-state index in [-0.39, 0.29) is 0 Å². The normalized spacial score (nSPS) is 17.8. The summed E-state index contributed by atoms with van der Waals surface area (Å²) < 4.78 is 12.0. The molecule has 2 atom stereocenters. The van der Waals surface area contributed by atoms with E-state index in [1.165, 1.54) is 52.4 Å². The van der Waals surface area contributed by atoms with Crippen molar-refractivity contribution in [3.8, 4) is 0 Å².